The number of esters is 1. The molecule has 2 aromatic rings. The molecule has 0 heterocycles. The van der Waals surface area contributed by atoms with Crippen LogP contribution in [-0.4, -0.2) is 24.8 Å². The summed E-state index contributed by atoms with van der Waals surface area (Å²) in [6.45, 7) is 0.484. The summed E-state index contributed by atoms with van der Waals surface area (Å²) in [5.41, 5.74) is 2.37. The van der Waals surface area contributed by atoms with Gasteiger partial charge in [0.05, 0.1) is 25.3 Å². The fourth-order valence-corrected chi connectivity index (χ4v) is 2.90. The third-order valence-corrected chi connectivity index (χ3v) is 4.42. The molecule has 0 spiro atoms. The Morgan fingerprint density at radius 1 is 1.35 bits per heavy atom. The van der Waals surface area contributed by atoms with Gasteiger partial charge in [0.2, 0.25) is 0 Å². The first-order chi connectivity index (χ1) is 11.0. The van der Waals surface area contributed by atoms with E-state index in [1.54, 1.807) is 18.2 Å². The van der Waals surface area contributed by atoms with Crippen LogP contribution in [0.1, 0.15) is 27.5 Å². The number of nitrogens with one attached hydrogen (secondary N) is 1. The smallest absolute Gasteiger partial charge is 0.337 e. The summed E-state index contributed by atoms with van der Waals surface area (Å²) < 4.78 is 5.50. The maximum absolute atomic E-state index is 11.5. The Bertz CT molecular complexity index is 693. The van der Waals surface area contributed by atoms with Crippen LogP contribution in [0, 0.1) is 0 Å². The van der Waals surface area contributed by atoms with Gasteiger partial charge in [-0.15, -0.1) is 0 Å². The molecule has 1 atom stereocenters. The van der Waals surface area contributed by atoms with Gasteiger partial charge in [0, 0.05) is 16.0 Å². The van der Waals surface area contributed by atoms with E-state index in [0.717, 1.165) is 15.6 Å². The van der Waals surface area contributed by atoms with Crippen molar-refractivity contribution in [2.24, 2.45) is 0 Å². The minimum absolute atomic E-state index is 0.0434. The highest BCUT2D eigenvalue weighted by molar-refractivity contribution is 9.10. The Morgan fingerprint density at radius 3 is 2.74 bits per heavy atom. The number of carbonyl (C=O) groups excluding carboxylic acids is 1. The summed E-state index contributed by atoms with van der Waals surface area (Å²) >= 11 is 9.44. The average Bonchev–Trinajstić information content (AvgIpc) is 2.56. The van der Waals surface area contributed by atoms with Crippen LogP contribution in [-0.2, 0) is 11.3 Å². The summed E-state index contributed by atoms with van der Waals surface area (Å²) in [4.78, 5) is 11.5. The first kappa shape index (κ1) is 17.9. The first-order valence-corrected chi connectivity index (χ1v) is 8.18. The monoisotopic (exact) mass is 397 g/mol. The van der Waals surface area contributed by atoms with Crippen molar-refractivity contribution in [2.45, 2.75) is 12.6 Å². The Labute approximate surface area is 148 Å². The lowest BCUT2D eigenvalue weighted by atomic mass is 10.1. The lowest BCUT2D eigenvalue weighted by molar-refractivity contribution is 0.0600. The number of ether oxygens (including phenoxy) is 1. The number of carbonyl (C=O) groups is 1. The van der Waals surface area contributed by atoms with Crippen molar-refractivity contribution in [3.05, 3.63) is 68.7 Å². The van der Waals surface area contributed by atoms with Crippen molar-refractivity contribution < 1.29 is 14.6 Å². The van der Waals surface area contributed by atoms with Gasteiger partial charge in [-0.05, 0) is 35.4 Å². The Morgan fingerprint density at radius 2 is 2.13 bits per heavy atom. The second-order valence-corrected chi connectivity index (χ2v) is 6.26. The predicted molar refractivity (Wildman–Crippen MR) is 93.6 cm³/mol. The molecule has 0 aliphatic rings. The molecule has 2 rings (SSSR count). The van der Waals surface area contributed by atoms with Crippen molar-refractivity contribution in [1.29, 1.82) is 0 Å². The number of aliphatic hydroxyl groups excluding tert-OH is 1. The zero-order chi connectivity index (χ0) is 16.8. The molecule has 2 aromatic carbocycles. The molecule has 2 N–H and O–H groups in total. The molecule has 4 nitrogen and oxygen atoms in total. The van der Waals surface area contributed by atoms with Crippen LogP contribution in [0.5, 0.6) is 0 Å². The molecule has 0 bridgehead atoms. The fourth-order valence-electron chi connectivity index (χ4n) is 2.18. The average molecular weight is 399 g/mol. The van der Waals surface area contributed by atoms with E-state index in [2.05, 4.69) is 21.2 Å². The van der Waals surface area contributed by atoms with Gasteiger partial charge in [-0.1, -0.05) is 45.7 Å². The third-order valence-electron chi connectivity index (χ3n) is 3.45. The van der Waals surface area contributed by atoms with Crippen LogP contribution in [0.4, 0.5) is 0 Å². The van der Waals surface area contributed by atoms with Crippen LogP contribution in [0.15, 0.2) is 46.9 Å². The maximum Gasteiger partial charge on any atom is 0.337 e. The van der Waals surface area contributed by atoms with E-state index in [-0.39, 0.29) is 18.6 Å². The molecule has 0 radical (unpaired) electrons. The zero-order valence-electron chi connectivity index (χ0n) is 12.6. The van der Waals surface area contributed by atoms with Crippen LogP contribution in [0.2, 0.25) is 5.02 Å². The number of aliphatic hydroxyl groups is 1. The lowest BCUT2D eigenvalue weighted by Gasteiger charge is -2.18. The number of methoxy groups -OCH3 is 1. The SMILES string of the molecule is COC(=O)c1ccc(CN[C@H](CO)c2cccc(Cl)c2)c(Br)c1. The minimum Gasteiger partial charge on any atom is -0.465 e. The summed E-state index contributed by atoms with van der Waals surface area (Å²) in [7, 11) is 1.35. The van der Waals surface area contributed by atoms with E-state index in [1.807, 2.05) is 24.3 Å². The van der Waals surface area contributed by atoms with Crippen LogP contribution in [0.25, 0.3) is 0 Å². The van der Waals surface area contributed by atoms with Gasteiger partial charge in [-0.2, -0.15) is 0 Å². The summed E-state index contributed by atoms with van der Waals surface area (Å²) in [5, 5.41) is 13.5. The Kier molecular flexibility index (Phi) is 6.59. The number of hydrogen-bond acceptors (Lipinski definition) is 4. The van der Waals surface area contributed by atoms with Crippen molar-refractivity contribution in [3.8, 4) is 0 Å². The minimum atomic E-state index is -0.377. The van der Waals surface area contributed by atoms with E-state index < -0.39 is 0 Å². The summed E-state index contributed by atoms with van der Waals surface area (Å²) in [6, 6.07) is 12.4. The maximum atomic E-state index is 11.5. The molecule has 0 aliphatic heterocycles. The van der Waals surface area contributed by atoms with Gasteiger partial charge in [0.1, 0.15) is 0 Å². The zero-order valence-corrected chi connectivity index (χ0v) is 14.9. The molecule has 0 saturated heterocycles. The predicted octanol–water partition coefficient (Wildman–Crippen LogP) is 3.71. The molecular weight excluding hydrogens is 382 g/mol. The molecule has 0 fully saturated rings. The molecule has 6 heteroatoms. The molecule has 0 unspecified atom stereocenters. The van der Waals surface area contributed by atoms with E-state index >= 15 is 0 Å². The highest BCUT2D eigenvalue weighted by Crippen LogP contribution is 2.22. The molecular formula is C17H17BrClNO3. The second kappa shape index (κ2) is 8.45. The van der Waals surface area contributed by atoms with Crippen molar-refractivity contribution >= 4 is 33.5 Å². The normalized spacial score (nSPS) is 12.0. The first-order valence-electron chi connectivity index (χ1n) is 7.01. The Hall–Kier alpha value is -1.40. The van der Waals surface area contributed by atoms with Crippen LogP contribution in [0.3, 0.4) is 0 Å². The molecule has 0 amide bonds. The number of benzene rings is 2. The highest BCUT2D eigenvalue weighted by atomic mass is 79.9. The topological polar surface area (TPSA) is 58.6 Å². The lowest BCUT2D eigenvalue weighted by Crippen LogP contribution is -2.24. The fraction of sp³-hybridized carbons (Fsp3) is 0.235. The van der Waals surface area contributed by atoms with Gasteiger partial charge < -0.3 is 15.2 Å². The van der Waals surface area contributed by atoms with E-state index in [1.165, 1.54) is 7.11 Å². The third kappa shape index (κ3) is 4.78. The van der Waals surface area contributed by atoms with Crippen molar-refractivity contribution in [2.75, 3.05) is 13.7 Å². The molecule has 0 aromatic heterocycles. The van der Waals surface area contributed by atoms with E-state index in [0.29, 0.717) is 17.1 Å². The molecule has 122 valence electrons. The van der Waals surface area contributed by atoms with Gasteiger partial charge in [0.25, 0.3) is 0 Å². The largest absolute Gasteiger partial charge is 0.465 e. The van der Waals surface area contributed by atoms with Crippen molar-refractivity contribution in [3.63, 3.8) is 0 Å². The van der Waals surface area contributed by atoms with Crippen LogP contribution >= 0.6 is 27.5 Å². The van der Waals surface area contributed by atoms with Gasteiger partial charge in [-0.3, -0.25) is 0 Å². The standard InChI is InChI=1S/C17H17BrClNO3/c1-23-17(22)12-5-6-13(15(18)8-12)9-20-16(10-21)11-3-2-4-14(19)7-11/h2-8,16,20-21H,9-10H2,1H3/t16-/m1/s1. The number of rotatable bonds is 6. The Balaban J connectivity index is 2.08. The molecule has 0 saturated carbocycles. The van der Waals surface area contributed by atoms with Crippen molar-refractivity contribution in [1.82, 2.24) is 5.32 Å². The molecule has 0 aliphatic carbocycles. The van der Waals surface area contributed by atoms with Gasteiger partial charge in [0.15, 0.2) is 0 Å². The van der Waals surface area contributed by atoms with Gasteiger partial charge >= 0.3 is 5.97 Å². The van der Waals surface area contributed by atoms with E-state index in [9.17, 15) is 9.90 Å². The summed E-state index contributed by atoms with van der Waals surface area (Å²) in [5.74, 6) is -0.377. The summed E-state index contributed by atoms with van der Waals surface area (Å²) in [6.07, 6.45) is 0. The second-order valence-electron chi connectivity index (χ2n) is 4.97. The number of hydrogen-bond donors (Lipinski definition) is 2. The molecule has 23 heavy (non-hydrogen) atoms. The highest BCUT2D eigenvalue weighted by Gasteiger charge is 2.12. The van der Waals surface area contributed by atoms with Crippen LogP contribution < -0.4 is 5.32 Å². The quantitative estimate of drug-likeness (QED) is 0.728. The number of halogens is 2. The van der Waals surface area contributed by atoms with Gasteiger partial charge in [-0.25, -0.2) is 4.79 Å². The van der Waals surface area contributed by atoms with E-state index in [4.69, 9.17) is 16.3 Å².